The first-order valence-electron chi connectivity index (χ1n) is 12.3. The van der Waals surface area contributed by atoms with Gasteiger partial charge in [-0.15, -0.1) is 0 Å². The number of benzene rings is 2. The van der Waals surface area contributed by atoms with Crippen LogP contribution in [0, 0.1) is 5.82 Å². The number of ether oxygens (including phenoxy) is 2. The molecule has 0 saturated carbocycles. The van der Waals surface area contributed by atoms with Crippen LogP contribution in [0.25, 0.3) is 0 Å². The highest BCUT2D eigenvalue weighted by molar-refractivity contribution is 7.89. The van der Waals surface area contributed by atoms with Crippen molar-refractivity contribution >= 4 is 21.8 Å². The third-order valence-electron chi connectivity index (χ3n) is 6.06. The zero-order valence-electron chi connectivity index (χ0n) is 21.2. The minimum absolute atomic E-state index is 0.0988. The molecule has 1 aliphatic heterocycles. The number of amides is 2. The molecule has 0 spiro atoms. The lowest BCUT2D eigenvalue weighted by atomic mass is 10.1. The molecule has 0 aromatic heterocycles. The summed E-state index contributed by atoms with van der Waals surface area (Å²) in [5, 5.41) is 2.83. The van der Waals surface area contributed by atoms with Gasteiger partial charge in [0.25, 0.3) is 5.91 Å². The first kappa shape index (κ1) is 28.5. The van der Waals surface area contributed by atoms with Gasteiger partial charge in [-0.3, -0.25) is 9.59 Å². The maximum absolute atomic E-state index is 13.3. The SMILES string of the molecule is CCCCNC(=O)C(C)N(Cc1ccc(F)cc1)C(=O)COc1ccc(S(=O)(=O)N2CCOCC2)cc1. The third-order valence-corrected chi connectivity index (χ3v) is 7.97. The van der Waals surface area contributed by atoms with Crippen molar-refractivity contribution in [1.29, 1.82) is 0 Å². The molecule has 202 valence electrons. The summed E-state index contributed by atoms with van der Waals surface area (Å²) in [5.74, 6) is -0.806. The molecule has 11 heteroatoms. The third kappa shape index (κ3) is 7.98. The van der Waals surface area contributed by atoms with E-state index in [1.165, 1.54) is 45.6 Å². The van der Waals surface area contributed by atoms with Crippen molar-refractivity contribution in [2.75, 3.05) is 39.5 Å². The van der Waals surface area contributed by atoms with Crippen LogP contribution in [0.3, 0.4) is 0 Å². The second-order valence-corrected chi connectivity index (χ2v) is 10.7. The molecule has 2 aromatic carbocycles. The number of nitrogens with one attached hydrogen (secondary N) is 1. The van der Waals surface area contributed by atoms with Gasteiger partial charge in [0.1, 0.15) is 17.6 Å². The molecule has 1 heterocycles. The Labute approximate surface area is 217 Å². The van der Waals surface area contributed by atoms with E-state index in [0.717, 1.165) is 12.8 Å². The van der Waals surface area contributed by atoms with E-state index in [2.05, 4.69) is 5.32 Å². The normalized spacial score (nSPS) is 15.1. The van der Waals surface area contributed by atoms with Gasteiger partial charge >= 0.3 is 0 Å². The monoisotopic (exact) mass is 535 g/mol. The number of carbonyl (C=O) groups is 2. The quantitative estimate of drug-likeness (QED) is 0.419. The second-order valence-electron chi connectivity index (χ2n) is 8.75. The summed E-state index contributed by atoms with van der Waals surface area (Å²) in [7, 11) is -3.64. The molecule has 2 amide bonds. The average molecular weight is 536 g/mol. The molecule has 1 aliphatic rings. The summed E-state index contributed by atoms with van der Waals surface area (Å²) in [4.78, 5) is 27.3. The molecule has 1 saturated heterocycles. The highest BCUT2D eigenvalue weighted by Gasteiger charge is 2.28. The topological polar surface area (TPSA) is 105 Å². The zero-order chi connectivity index (χ0) is 26.8. The van der Waals surface area contributed by atoms with Gasteiger partial charge in [0, 0.05) is 26.2 Å². The Morgan fingerprint density at radius 2 is 1.76 bits per heavy atom. The fraction of sp³-hybridized carbons (Fsp3) is 0.462. The molecule has 3 rings (SSSR count). The van der Waals surface area contributed by atoms with Gasteiger partial charge in [-0.1, -0.05) is 25.5 Å². The van der Waals surface area contributed by atoms with E-state index in [9.17, 15) is 22.4 Å². The molecule has 1 unspecified atom stereocenters. The van der Waals surface area contributed by atoms with Gasteiger partial charge in [0.05, 0.1) is 18.1 Å². The van der Waals surface area contributed by atoms with Gasteiger partial charge in [0.15, 0.2) is 6.61 Å². The number of sulfonamides is 1. The van der Waals surface area contributed by atoms with Gasteiger partial charge in [-0.05, 0) is 55.3 Å². The summed E-state index contributed by atoms with van der Waals surface area (Å²) < 4.78 is 51.2. The molecule has 0 aliphatic carbocycles. The Kier molecular flexibility index (Phi) is 10.4. The Hall–Kier alpha value is -3.02. The van der Waals surface area contributed by atoms with E-state index in [1.807, 2.05) is 6.92 Å². The van der Waals surface area contributed by atoms with Crippen molar-refractivity contribution < 1.29 is 31.9 Å². The standard InChI is InChI=1S/C26H34FN3O6S/c1-3-4-13-28-26(32)20(2)30(18-21-5-7-22(27)8-6-21)25(31)19-36-23-9-11-24(12-10-23)37(33,34)29-14-16-35-17-15-29/h5-12,20H,3-4,13-19H2,1-2H3,(H,28,32). The Morgan fingerprint density at radius 1 is 1.11 bits per heavy atom. The molecule has 9 nitrogen and oxygen atoms in total. The molecular formula is C26H34FN3O6S. The summed E-state index contributed by atoms with van der Waals surface area (Å²) in [6.07, 6.45) is 1.75. The predicted molar refractivity (Wildman–Crippen MR) is 136 cm³/mol. The first-order valence-corrected chi connectivity index (χ1v) is 13.8. The van der Waals surface area contributed by atoms with E-state index in [0.29, 0.717) is 44.2 Å². The van der Waals surface area contributed by atoms with Crippen molar-refractivity contribution in [3.63, 3.8) is 0 Å². The van der Waals surface area contributed by atoms with E-state index in [1.54, 1.807) is 19.1 Å². The number of nitrogens with zero attached hydrogens (tertiary/aromatic N) is 2. The fourth-order valence-corrected chi connectivity index (χ4v) is 5.19. The van der Waals surface area contributed by atoms with E-state index < -0.39 is 27.8 Å². The van der Waals surface area contributed by atoms with Crippen LogP contribution in [0.15, 0.2) is 53.4 Å². The second kappa shape index (κ2) is 13.5. The van der Waals surface area contributed by atoms with Crippen LogP contribution in [-0.4, -0.2) is 74.9 Å². The number of halogens is 1. The van der Waals surface area contributed by atoms with Crippen LogP contribution < -0.4 is 10.1 Å². The minimum atomic E-state index is -3.64. The smallest absolute Gasteiger partial charge is 0.261 e. The van der Waals surface area contributed by atoms with Crippen molar-refractivity contribution in [2.45, 2.75) is 44.2 Å². The molecule has 1 N–H and O–H groups in total. The summed E-state index contributed by atoms with van der Waals surface area (Å²) in [6, 6.07) is 10.8. The molecule has 0 radical (unpaired) electrons. The van der Waals surface area contributed by atoms with Crippen LogP contribution in [-0.2, 0) is 30.9 Å². The largest absolute Gasteiger partial charge is 0.484 e. The molecule has 1 fully saturated rings. The number of hydrogen-bond donors (Lipinski definition) is 1. The van der Waals surface area contributed by atoms with Crippen molar-refractivity contribution in [3.8, 4) is 5.75 Å². The maximum Gasteiger partial charge on any atom is 0.261 e. The van der Waals surface area contributed by atoms with Crippen LogP contribution in [0.4, 0.5) is 4.39 Å². The lowest BCUT2D eigenvalue weighted by Crippen LogP contribution is -2.49. The van der Waals surface area contributed by atoms with E-state index >= 15 is 0 Å². The number of hydrogen-bond acceptors (Lipinski definition) is 6. The zero-order valence-corrected chi connectivity index (χ0v) is 22.0. The molecular weight excluding hydrogens is 501 g/mol. The number of rotatable bonds is 12. The van der Waals surface area contributed by atoms with Crippen molar-refractivity contribution in [3.05, 3.63) is 59.9 Å². The molecule has 2 aromatic rings. The minimum Gasteiger partial charge on any atom is -0.484 e. The molecule has 0 bridgehead atoms. The molecule has 37 heavy (non-hydrogen) atoms. The number of carbonyl (C=O) groups excluding carboxylic acids is 2. The van der Waals surface area contributed by atoms with Crippen LogP contribution in [0.1, 0.15) is 32.3 Å². The predicted octanol–water partition coefficient (Wildman–Crippen LogP) is 2.56. The Morgan fingerprint density at radius 3 is 2.38 bits per heavy atom. The Balaban J connectivity index is 1.67. The highest BCUT2D eigenvalue weighted by Crippen LogP contribution is 2.21. The van der Waals surface area contributed by atoms with Crippen molar-refractivity contribution in [1.82, 2.24) is 14.5 Å². The van der Waals surface area contributed by atoms with Gasteiger partial charge in [-0.2, -0.15) is 4.31 Å². The number of unbranched alkanes of at least 4 members (excludes halogenated alkanes) is 1. The maximum atomic E-state index is 13.3. The lowest BCUT2D eigenvalue weighted by Gasteiger charge is -2.29. The van der Waals surface area contributed by atoms with Crippen molar-refractivity contribution in [2.24, 2.45) is 0 Å². The summed E-state index contributed by atoms with van der Waals surface area (Å²) >= 11 is 0. The first-order chi connectivity index (χ1) is 17.7. The lowest BCUT2D eigenvalue weighted by molar-refractivity contribution is -0.142. The van der Waals surface area contributed by atoms with Crippen LogP contribution >= 0.6 is 0 Å². The average Bonchev–Trinajstić information content (AvgIpc) is 2.91. The van der Waals surface area contributed by atoms with Gasteiger partial charge < -0.3 is 19.7 Å². The number of morpholine rings is 1. The van der Waals surface area contributed by atoms with E-state index in [-0.39, 0.29) is 24.0 Å². The van der Waals surface area contributed by atoms with Gasteiger partial charge in [0.2, 0.25) is 15.9 Å². The van der Waals surface area contributed by atoms with Crippen LogP contribution in [0.2, 0.25) is 0 Å². The fourth-order valence-electron chi connectivity index (χ4n) is 3.78. The summed E-state index contributed by atoms with van der Waals surface area (Å²) in [6.45, 7) is 5.19. The molecule has 1 atom stereocenters. The van der Waals surface area contributed by atoms with Gasteiger partial charge in [-0.25, -0.2) is 12.8 Å². The van der Waals surface area contributed by atoms with E-state index in [4.69, 9.17) is 9.47 Å². The van der Waals surface area contributed by atoms with Crippen LogP contribution in [0.5, 0.6) is 5.75 Å². The summed E-state index contributed by atoms with van der Waals surface area (Å²) in [5.41, 5.74) is 0.667. The Bertz CT molecular complexity index is 1140. The highest BCUT2D eigenvalue weighted by atomic mass is 32.2.